The molecule has 180 valence electrons. The molecule has 3 aromatic rings. The number of hydrogen-bond donors (Lipinski definition) is 3. The van der Waals surface area contributed by atoms with E-state index < -0.39 is 5.82 Å². The van der Waals surface area contributed by atoms with Gasteiger partial charge < -0.3 is 19.9 Å². The molecule has 1 aromatic heterocycles. The number of carbonyl (C=O) groups excluding carboxylic acids is 1. The van der Waals surface area contributed by atoms with Gasteiger partial charge in [-0.15, -0.1) is 0 Å². The van der Waals surface area contributed by atoms with Crippen molar-refractivity contribution < 1.29 is 23.8 Å². The highest BCUT2D eigenvalue weighted by Gasteiger charge is 2.36. The summed E-state index contributed by atoms with van der Waals surface area (Å²) in [6.07, 6.45) is 5.64. The van der Waals surface area contributed by atoms with E-state index in [0.717, 1.165) is 40.4 Å². The summed E-state index contributed by atoms with van der Waals surface area (Å²) in [5, 5.41) is 20.6. The maximum Gasteiger partial charge on any atom is 0.247 e. The number of halogens is 1. The highest BCUT2D eigenvalue weighted by Crippen LogP contribution is 2.40. The maximum atomic E-state index is 14.2. The van der Waals surface area contributed by atoms with Gasteiger partial charge in [0.2, 0.25) is 5.91 Å². The van der Waals surface area contributed by atoms with Gasteiger partial charge in [-0.25, -0.2) is 4.39 Å². The van der Waals surface area contributed by atoms with E-state index in [4.69, 9.17) is 9.47 Å². The predicted octanol–water partition coefficient (Wildman–Crippen LogP) is 4.50. The number of nitrogens with zero attached hydrogens (tertiary/aromatic N) is 1. The van der Waals surface area contributed by atoms with Gasteiger partial charge in [0.05, 0.1) is 29.8 Å². The third-order valence-electron chi connectivity index (χ3n) is 6.38. The van der Waals surface area contributed by atoms with Crippen LogP contribution < -0.4 is 10.1 Å². The van der Waals surface area contributed by atoms with Crippen LogP contribution in [0.25, 0.3) is 22.0 Å². The number of aryl methyl sites for hydroxylation is 1. The average molecular weight is 468 g/mol. The molecule has 2 aromatic carbocycles. The highest BCUT2D eigenvalue weighted by atomic mass is 19.1. The minimum absolute atomic E-state index is 0.0396. The van der Waals surface area contributed by atoms with E-state index in [-0.39, 0.29) is 23.7 Å². The van der Waals surface area contributed by atoms with Crippen molar-refractivity contribution in [2.75, 3.05) is 20.3 Å². The van der Waals surface area contributed by atoms with Crippen LogP contribution in [0.1, 0.15) is 32.3 Å². The second-order valence-corrected chi connectivity index (χ2v) is 8.52. The summed E-state index contributed by atoms with van der Waals surface area (Å²) in [7, 11) is 1.60. The molecule has 0 unspecified atom stereocenters. The fourth-order valence-electron chi connectivity index (χ4n) is 4.45. The third kappa shape index (κ3) is 4.77. The van der Waals surface area contributed by atoms with Gasteiger partial charge in [-0.1, -0.05) is 13.0 Å². The minimum atomic E-state index is -0.663. The van der Waals surface area contributed by atoms with Gasteiger partial charge in [-0.05, 0) is 73.1 Å². The maximum absolute atomic E-state index is 14.2. The predicted molar refractivity (Wildman–Crippen MR) is 128 cm³/mol. The number of benzene rings is 2. The number of allylic oxidation sites excluding steroid dienone is 1. The molecule has 1 saturated carbocycles. The molecule has 1 fully saturated rings. The Morgan fingerprint density at radius 2 is 2.12 bits per heavy atom. The summed E-state index contributed by atoms with van der Waals surface area (Å²) in [4.78, 5) is 12.5. The Bertz CT molecular complexity index is 1210. The number of methoxy groups -OCH3 is 1. The van der Waals surface area contributed by atoms with Crippen molar-refractivity contribution in [2.24, 2.45) is 5.92 Å². The van der Waals surface area contributed by atoms with Gasteiger partial charge in [-0.3, -0.25) is 9.89 Å². The van der Waals surface area contributed by atoms with Crippen molar-refractivity contribution in [3.63, 3.8) is 0 Å². The zero-order valence-electron chi connectivity index (χ0n) is 19.7. The Morgan fingerprint density at radius 3 is 2.82 bits per heavy atom. The molecule has 0 radical (unpaired) electrons. The number of H-pyrrole nitrogens is 1. The van der Waals surface area contributed by atoms with Crippen LogP contribution in [0.15, 0.2) is 42.1 Å². The number of fused-ring (bicyclic) bond motifs is 1. The van der Waals surface area contributed by atoms with E-state index in [2.05, 4.69) is 15.5 Å². The van der Waals surface area contributed by atoms with E-state index >= 15 is 0 Å². The summed E-state index contributed by atoms with van der Waals surface area (Å²) in [5.74, 6) is -0.288. The van der Waals surface area contributed by atoms with Crippen molar-refractivity contribution in [3.05, 3.63) is 53.5 Å². The first-order valence-corrected chi connectivity index (χ1v) is 11.5. The van der Waals surface area contributed by atoms with Gasteiger partial charge in [-0.2, -0.15) is 5.10 Å². The Kier molecular flexibility index (Phi) is 7.17. The number of ether oxygens (including phenoxy) is 2. The smallest absolute Gasteiger partial charge is 0.247 e. The van der Waals surface area contributed by atoms with Crippen LogP contribution in [0.4, 0.5) is 4.39 Å². The second kappa shape index (κ2) is 10.3. The van der Waals surface area contributed by atoms with Crippen LogP contribution in [0.5, 0.6) is 11.5 Å². The fraction of sp³-hybridized carbons (Fsp3) is 0.385. The zero-order chi connectivity index (χ0) is 24.2. The standard InChI is InChI=1S/C26H30FN3O4/c1-4-15-11-24(31)22(27)13-20(15)17-10-23-21(14-29-30-23)25(12-17)34-18-8-16(9-18)19(5-2)26(32)28-6-7-33-3/h5,10-14,16,18,31H,4,6-9H2,1-3H3,(H,28,32)(H,29,30). The topological polar surface area (TPSA) is 96.5 Å². The Hall–Kier alpha value is -3.39. The number of aromatic hydroxyl groups is 1. The molecule has 1 aliphatic rings. The Balaban J connectivity index is 1.53. The van der Waals surface area contributed by atoms with Crippen LogP contribution in [-0.2, 0) is 16.0 Å². The Labute approximate surface area is 198 Å². The fourth-order valence-corrected chi connectivity index (χ4v) is 4.45. The first kappa shape index (κ1) is 23.8. The van der Waals surface area contributed by atoms with Crippen LogP contribution in [0, 0.1) is 11.7 Å². The number of aromatic nitrogens is 2. The third-order valence-corrected chi connectivity index (χ3v) is 6.38. The normalized spacial score (nSPS) is 18.1. The van der Waals surface area contributed by atoms with E-state index in [1.807, 2.05) is 32.1 Å². The lowest BCUT2D eigenvalue weighted by molar-refractivity contribution is -0.118. The second-order valence-electron chi connectivity index (χ2n) is 8.52. The van der Waals surface area contributed by atoms with Crippen molar-refractivity contribution in [1.29, 1.82) is 0 Å². The molecule has 1 amide bonds. The summed E-state index contributed by atoms with van der Waals surface area (Å²) >= 11 is 0. The van der Waals surface area contributed by atoms with Crippen LogP contribution >= 0.6 is 0 Å². The van der Waals surface area contributed by atoms with E-state index in [1.165, 1.54) is 12.1 Å². The summed E-state index contributed by atoms with van der Waals surface area (Å²) in [6.45, 7) is 4.78. The van der Waals surface area contributed by atoms with Gasteiger partial charge in [0.1, 0.15) is 5.75 Å². The van der Waals surface area contributed by atoms with Gasteiger partial charge in [0, 0.05) is 19.2 Å². The molecule has 1 heterocycles. The van der Waals surface area contributed by atoms with E-state index in [9.17, 15) is 14.3 Å². The lowest BCUT2D eigenvalue weighted by Crippen LogP contribution is -2.39. The van der Waals surface area contributed by atoms with Crippen molar-refractivity contribution in [2.45, 2.75) is 39.2 Å². The Morgan fingerprint density at radius 1 is 1.32 bits per heavy atom. The lowest BCUT2D eigenvalue weighted by Gasteiger charge is -2.36. The molecule has 0 aliphatic heterocycles. The number of amides is 1. The largest absolute Gasteiger partial charge is 0.505 e. The summed E-state index contributed by atoms with van der Waals surface area (Å²) in [6, 6.07) is 6.63. The molecular formula is C26H30FN3O4. The molecule has 0 saturated heterocycles. The highest BCUT2D eigenvalue weighted by molar-refractivity contribution is 5.94. The van der Waals surface area contributed by atoms with Crippen molar-refractivity contribution in [1.82, 2.24) is 15.5 Å². The van der Waals surface area contributed by atoms with Crippen LogP contribution in [0.3, 0.4) is 0 Å². The molecule has 0 spiro atoms. The van der Waals surface area contributed by atoms with Gasteiger partial charge in [0.15, 0.2) is 11.6 Å². The molecular weight excluding hydrogens is 437 g/mol. The number of rotatable bonds is 9. The molecule has 7 nitrogen and oxygen atoms in total. The van der Waals surface area contributed by atoms with E-state index in [0.29, 0.717) is 30.9 Å². The molecule has 8 heteroatoms. The van der Waals surface area contributed by atoms with Crippen molar-refractivity contribution >= 4 is 16.8 Å². The van der Waals surface area contributed by atoms with Gasteiger partial charge >= 0.3 is 0 Å². The van der Waals surface area contributed by atoms with Gasteiger partial charge in [0.25, 0.3) is 0 Å². The molecule has 0 atom stereocenters. The number of nitrogens with one attached hydrogen (secondary N) is 2. The number of hydrogen-bond acceptors (Lipinski definition) is 5. The van der Waals surface area contributed by atoms with Crippen molar-refractivity contribution in [3.8, 4) is 22.6 Å². The number of phenols is 1. The molecule has 34 heavy (non-hydrogen) atoms. The number of phenolic OH excluding ortho intramolecular Hbond substituents is 1. The minimum Gasteiger partial charge on any atom is -0.505 e. The molecule has 3 N–H and O–H groups in total. The van der Waals surface area contributed by atoms with Crippen LogP contribution in [0.2, 0.25) is 0 Å². The SMILES string of the molecule is CC=C(C(=O)NCCOC)C1CC(Oc2cc(-c3cc(F)c(O)cc3CC)cc3[nH]ncc23)C1. The first-order valence-electron chi connectivity index (χ1n) is 11.5. The summed E-state index contributed by atoms with van der Waals surface area (Å²) in [5.41, 5.74) is 3.88. The molecule has 1 aliphatic carbocycles. The zero-order valence-corrected chi connectivity index (χ0v) is 19.7. The monoisotopic (exact) mass is 467 g/mol. The number of aromatic amines is 1. The van der Waals surface area contributed by atoms with E-state index in [1.54, 1.807) is 13.3 Å². The average Bonchev–Trinajstić information content (AvgIpc) is 3.28. The lowest BCUT2D eigenvalue weighted by atomic mass is 9.76. The summed E-state index contributed by atoms with van der Waals surface area (Å²) < 4.78 is 25.5. The quantitative estimate of drug-likeness (QED) is 0.318. The molecule has 4 rings (SSSR count). The number of carbonyl (C=O) groups is 1. The first-order chi connectivity index (χ1) is 16.4. The molecule has 0 bridgehead atoms. The van der Waals surface area contributed by atoms with Crippen LogP contribution in [-0.4, -0.2) is 47.6 Å².